The molecule has 10 aromatic heterocycles. The molecule has 69 nitrogen and oxygen atoms in total. The average molecular weight is 2170 g/mol. The standard InChI is InChI=1S/C73H87N26O43P5/c1-3-93-14-27(45(101)26-8-29-30(9-28(26)93)126-24-125-29)61(109)80-12-40(100)79-11-32-31(10-41(132-32)96-13-25(2)60(108)92-73(96)114)138-143(115,116)128-16-36-54(50(106)67(136-36)98-22-84-43-58(98)88-69(77)90-62(43)110)141-146(121,122)130-18-35-53(49(105)66(135-35)95-7-5-39(75)87-72(95)113)140-145(119,120)131-19-37-55(51(107)68(137-37)99-23-85-44-59(99)89-70(78)91-63(44)111)142-147(123,124)129-17-34-52(48(104)65(134-34)94-6-4-38(74)86-71(94)112)139-144(117,118)127-15-33-46(102)47(103)64(133-33)97-21-83-42-56(76)81-20-82-57(42)97/h4-9,13-14,20-23,31-37,41,46-55,64-68,102-107H,3,10-12,15-19,24H2,1-2H3,(H,79,100)(H,80,109)(H,115,116)(H,117,118)(H,119,120)(H,121,122)(H,123,124)(H2,74,86,112)(H2,75,87,113)(H2,76,81,82)(H,92,108,114)(H3,77,88,90,110)(H3,78,89,91,111)/t31-,32+,33+,34+,35+,36+,37+,41+,46+,47+,48+,49+,50+,51+,52+,53+,54+,55+,64+,65+,66+,67+,68+/m0/s1. The van der Waals surface area contributed by atoms with E-state index in [1.807, 2.05) is 0 Å². The van der Waals surface area contributed by atoms with E-state index in [1.165, 1.54) is 19.2 Å². The zero-order chi connectivity index (χ0) is 105. The molecular weight excluding hydrogens is 2080 g/mol. The lowest BCUT2D eigenvalue weighted by atomic mass is 10.1. The fourth-order valence-corrected chi connectivity index (χ4v) is 21.8. The Kier molecular flexibility index (Phi) is 29.2. The zero-order valence-corrected chi connectivity index (χ0v) is 79.5. The van der Waals surface area contributed by atoms with Gasteiger partial charge in [0.05, 0.1) is 69.5 Å². The van der Waals surface area contributed by atoms with Crippen LogP contribution in [0.5, 0.6) is 11.5 Å². The van der Waals surface area contributed by atoms with Gasteiger partial charge in [-0.05, 0) is 32.0 Å². The predicted molar refractivity (Wildman–Crippen MR) is 479 cm³/mol. The molecule has 0 spiro atoms. The number of imidazole rings is 3. The number of ether oxygens (including phenoxy) is 8. The SMILES string of the molecule is CCn1cc(C(=O)NCC(=O)NC[C@H]2O[C@@H](n3cc(C)c(=O)[nH]c3=O)C[C@@H]2OP(=O)(O)OC[C@H]2O[C@@H](n3cnc4c(=O)[nH]c(N)nc43)[C@H](O)[C@@H]2OP(=O)(O)OC[C@H]2O[C@@H](n3ccc(N)nc3=O)[C@H](O)[C@@H]2OP(=O)(O)OC[C@H]2O[C@@H](n3cnc4c(=O)[nH]c(N)nc43)[C@H](O)[C@@H]2OP(=O)(O)OC[C@H]2O[C@@H](n3ccc(N)nc3=O)[C@H](O)[C@@H]2OP(=O)(O)OC[C@H]2O[C@@H](n3cnc4c(N)ncnc43)[C@H](O)[C@@H]2O)c(=O)c2cc3c(cc21)OCO3. The van der Waals surface area contributed by atoms with Crippen molar-refractivity contribution in [2.24, 2.45) is 0 Å². The lowest BCUT2D eigenvalue weighted by Crippen LogP contribution is -2.43. The molecule has 17 heterocycles. The highest BCUT2D eigenvalue weighted by Crippen LogP contribution is 2.57. The third kappa shape index (κ3) is 21.6. The number of nitrogens with two attached hydrogens (primary N) is 5. The number of carbonyl (C=O) groups is 2. The summed E-state index contributed by atoms with van der Waals surface area (Å²) < 4.78 is 179. The average Bonchev–Trinajstić information content (AvgIpc) is 1.65. The minimum absolute atomic E-state index is 0.0249. The summed E-state index contributed by atoms with van der Waals surface area (Å²) in [7, 11) is -29.6. The molecule has 18 rings (SSSR count). The van der Waals surface area contributed by atoms with Crippen LogP contribution in [0.15, 0.2) is 108 Å². The van der Waals surface area contributed by atoms with Crippen molar-refractivity contribution < 1.29 is 171 Å². The molecule has 28 atom stereocenters. The maximum atomic E-state index is 14.7. The van der Waals surface area contributed by atoms with Gasteiger partial charge in [0.1, 0.15) is 139 Å². The maximum absolute atomic E-state index is 14.7. The highest BCUT2D eigenvalue weighted by molar-refractivity contribution is 7.48. The summed E-state index contributed by atoms with van der Waals surface area (Å²) in [4.78, 5) is 219. The second kappa shape index (κ2) is 41.0. The Morgan fingerprint density at radius 3 is 1.37 bits per heavy atom. The number of amides is 2. The molecule has 5 unspecified atom stereocenters. The molecule has 0 bridgehead atoms. The molecule has 74 heteroatoms. The number of anilines is 5. The number of benzene rings is 1. The first-order valence-electron chi connectivity index (χ1n) is 43.3. The summed E-state index contributed by atoms with van der Waals surface area (Å²) in [6.07, 6.45) is -40.1. The Balaban J connectivity index is 0.568. The number of fused-ring (bicyclic) bond motifs is 5. The smallest absolute Gasteiger partial charge is 0.454 e. The molecule has 1 aromatic carbocycles. The van der Waals surface area contributed by atoms with E-state index in [1.54, 1.807) is 17.6 Å². The first-order valence-corrected chi connectivity index (χ1v) is 50.8. The van der Waals surface area contributed by atoms with Crippen LogP contribution in [0.2, 0.25) is 0 Å². The fourth-order valence-electron chi connectivity index (χ4n) is 17.0. The summed E-state index contributed by atoms with van der Waals surface area (Å²) in [5, 5.41) is 75.3. The van der Waals surface area contributed by atoms with Crippen molar-refractivity contribution >= 4 is 125 Å². The minimum Gasteiger partial charge on any atom is -0.454 e. The van der Waals surface area contributed by atoms with Crippen LogP contribution >= 0.6 is 39.1 Å². The summed E-state index contributed by atoms with van der Waals surface area (Å²) in [5.41, 5.74) is 20.4. The van der Waals surface area contributed by atoms with Gasteiger partial charge in [-0.25, -0.2) is 62.1 Å². The number of phosphoric ester groups is 5. The van der Waals surface area contributed by atoms with Gasteiger partial charge in [0.25, 0.3) is 22.6 Å². The largest absolute Gasteiger partial charge is 0.472 e. The number of H-pyrrole nitrogens is 3. The number of hydrogen-bond donors (Lipinski definition) is 21. The van der Waals surface area contributed by atoms with Crippen molar-refractivity contribution in [2.45, 2.75) is 168 Å². The monoisotopic (exact) mass is 2170 g/mol. The Morgan fingerprint density at radius 1 is 0.476 bits per heavy atom. The van der Waals surface area contributed by atoms with Crippen LogP contribution in [0.25, 0.3) is 44.4 Å². The summed E-state index contributed by atoms with van der Waals surface area (Å²) in [6.45, 7) is -5.09. The van der Waals surface area contributed by atoms with Crippen molar-refractivity contribution in [3.8, 4) is 11.5 Å². The number of phosphoric acid groups is 5. The van der Waals surface area contributed by atoms with Gasteiger partial charge < -0.3 is 137 Å². The Bertz CT molecular complexity index is 7680. The molecule has 147 heavy (non-hydrogen) atoms. The van der Waals surface area contributed by atoms with Gasteiger partial charge in [0, 0.05) is 55.9 Å². The van der Waals surface area contributed by atoms with Crippen LogP contribution < -0.4 is 88.0 Å². The Hall–Kier alpha value is -12.3. The third-order valence-corrected chi connectivity index (χ3v) is 28.9. The van der Waals surface area contributed by atoms with E-state index in [0.29, 0.717) is 20.4 Å². The Labute approximate surface area is 813 Å². The van der Waals surface area contributed by atoms with Crippen LogP contribution in [0, 0.1) is 6.92 Å². The summed E-state index contributed by atoms with van der Waals surface area (Å²) in [5.74, 6) is -3.24. The van der Waals surface area contributed by atoms with E-state index >= 15 is 0 Å². The number of hydrogen-bond acceptors (Lipinski definition) is 52. The summed E-state index contributed by atoms with van der Waals surface area (Å²) >= 11 is 0. The number of aliphatic hydroxyl groups excluding tert-OH is 6. The van der Waals surface area contributed by atoms with E-state index in [9.17, 15) is 121 Å². The molecule has 2 amide bonds. The predicted octanol–water partition coefficient (Wildman–Crippen LogP) is -7.56. The number of nitrogen functional groups attached to an aromatic ring is 5. The van der Waals surface area contributed by atoms with Gasteiger partial charge in [0.15, 0.2) is 76.4 Å². The number of aliphatic hydroxyl groups is 6. The van der Waals surface area contributed by atoms with E-state index in [0.717, 1.165) is 74.3 Å². The van der Waals surface area contributed by atoms with Gasteiger partial charge in [-0.2, -0.15) is 19.9 Å². The quantitative estimate of drug-likeness (QED) is 0.0161. The lowest BCUT2D eigenvalue weighted by Gasteiger charge is -2.27. The second-order valence-corrected chi connectivity index (χ2v) is 40.5. The van der Waals surface area contributed by atoms with E-state index in [4.69, 9.17) is 112 Å². The normalized spacial score (nSPS) is 29.1. The second-order valence-electron chi connectivity index (χ2n) is 33.4. The number of aromatic amines is 3. The first-order chi connectivity index (χ1) is 69.6. The Morgan fingerprint density at radius 2 is 0.905 bits per heavy atom. The molecule has 0 aliphatic carbocycles. The minimum atomic E-state index is -6.10. The van der Waals surface area contributed by atoms with Crippen LogP contribution in [0.4, 0.5) is 29.4 Å². The van der Waals surface area contributed by atoms with Crippen LogP contribution in [-0.4, -0.2) is 315 Å². The van der Waals surface area contributed by atoms with Gasteiger partial charge >= 0.3 is 56.2 Å². The van der Waals surface area contributed by atoms with Crippen molar-refractivity contribution in [3.05, 3.63) is 158 Å². The highest BCUT2D eigenvalue weighted by atomic mass is 31.2. The van der Waals surface area contributed by atoms with Crippen LogP contribution in [0.3, 0.4) is 0 Å². The number of aryl methyl sites for hydroxylation is 2. The maximum Gasteiger partial charge on any atom is 0.472 e. The molecule has 0 saturated carbocycles. The van der Waals surface area contributed by atoms with E-state index in [2.05, 4.69) is 70.4 Å². The molecule has 792 valence electrons. The van der Waals surface area contributed by atoms with Crippen LogP contribution in [0.1, 0.15) is 66.6 Å². The summed E-state index contributed by atoms with van der Waals surface area (Å²) in [6, 6.07) is 5.02. The number of rotatable bonds is 37. The van der Waals surface area contributed by atoms with E-state index in [-0.39, 0.29) is 58.4 Å². The van der Waals surface area contributed by atoms with Gasteiger partial charge in [0.2, 0.25) is 30.0 Å². The number of nitrogens with zero attached hydrogens (tertiary/aromatic N) is 16. The fraction of sp³-hybridized carbons (Fsp3) is 0.479. The number of nitrogens with one attached hydrogen (secondary N) is 5. The number of pyridine rings is 1. The van der Waals surface area contributed by atoms with Gasteiger partial charge in [-0.1, -0.05) is 0 Å². The van der Waals surface area contributed by atoms with Crippen molar-refractivity contribution in [1.82, 2.24) is 102 Å². The molecule has 26 N–H and O–H groups in total. The molecular formula is C73H87N26O43P5. The molecule has 6 saturated heterocycles. The highest BCUT2D eigenvalue weighted by Gasteiger charge is 2.58. The first kappa shape index (κ1) is 105. The van der Waals surface area contributed by atoms with Gasteiger partial charge in [-0.15, -0.1) is 0 Å². The van der Waals surface area contributed by atoms with Crippen molar-refractivity contribution in [3.63, 3.8) is 0 Å². The van der Waals surface area contributed by atoms with E-state index < -0.39 is 324 Å². The molecule has 11 aromatic rings. The zero-order valence-electron chi connectivity index (χ0n) is 75.0. The molecule has 7 aliphatic rings. The number of aromatic nitrogens is 19. The third-order valence-electron chi connectivity index (χ3n) is 23.9. The molecule has 0 radical (unpaired) electrons. The van der Waals surface area contributed by atoms with Crippen LogP contribution in [-0.2, 0) is 108 Å². The topological polar surface area (TPSA) is 980 Å². The van der Waals surface area contributed by atoms with Crippen molar-refractivity contribution in [1.29, 1.82) is 0 Å². The molecule has 7 aliphatic heterocycles. The molecule has 6 fully saturated rings. The number of carbonyl (C=O) groups excluding carboxylic acids is 2. The lowest BCUT2D eigenvalue weighted by molar-refractivity contribution is -0.121. The van der Waals surface area contributed by atoms with Gasteiger partial charge in [-0.3, -0.25) is 116 Å². The van der Waals surface area contributed by atoms with Crippen molar-refractivity contribution in [2.75, 3.05) is 81.6 Å².